The molecule has 1 saturated carbocycles. The van der Waals surface area contributed by atoms with Gasteiger partial charge in [0, 0.05) is 25.2 Å². The predicted molar refractivity (Wildman–Crippen MR) is 111 cm³/mol. The zero-order valence-electron chi connectivity index (χ0n) is 16.8. The average molecular weight is 369 g/mol. The summed E-state index contributed by atoms with van der Waals surface area (Å²) in [7, 11) is 0. The molecule has 2 aromatic carbocycles. The fraction of sp³-hybridized carbons (Fsp3) is 0.522. The molecular weight excluding hydrogens is 336 g/mol. The minimum absolute atomic E-state index is 0.110. The summed E-state index contributed by atoms with van der Waals surface area (Å²) >= 11 is 0. The van der Waals surface area contributed by atoms with Crippen LogP contribution in [0.4, 0.5) is 0 Å². The summed E-state index contributed by atoms with van der Waals surface area (Å²) in [5.74, 6) is 0.110. The molecule has 1 atom stereocenters. The Morgan fingerprint density at radius 1 is 1.15 bits per heavy atom. The SMILES string of the molecule is CC(C)OCCCNC(=O)CN(C1CC1)C(C)c1ccc2ccccc2c1. The van der Waals surface area contributed by atoms with E-state index in [1.54, 1.807) is 0 Å². The number of ether oxygens (including phenoxy) is 1. The Hall–Kier alpha value is -1.91. The molecule has 146 valence electrons. The number of fused-ring (bicyclic) bond motifs is 1. The van der Waals surface area contributed by atoms with Gasteiger partial charge in [0.25, 0.3) is 0 Å². The molecule has 0 bridgehead atoms. The molecule has 1 amide bonds. The van der Waals surface area contributed by atoms with Crippen molar-refractivity contribution in [3.8, 4) is 0 Å². The van der Waals surface area contributed by atoms with E-state index in [-0.39, 0.29) is 18.1 Å². The van der Waals surface area contributed by atoms with Crippen LogP contribution >= 0.6 is 0 Å². The topological polar surface area (TPSA) is 41.6 Å². The molecule has 0 aromatic heterocycles. The third-order valence-electron chi connectivity index (χ3n) is 5.19. The Balaban J connectivity index is 1.57. The normalized spacial score (nSPS) is 15.4. The molecule has 3 rings (SSSR count). The van der Waals surface area contributed by atoms with Crippen LogP contribution in [0.1, 0.15) is 51.6 Å². The van der Waals surface area contributed by atoms with Gasteiger partial charge in [0.05, 0.1) is 12.6 Å². The van der Waals surface area contributed by atoms with Gasteiger partial charge in [-0.05, 0) is 62.4 Å². The van der Waals surface area contributed by atoms with Gasteiger partial charge in [-0.1, -0.05) is 36.4 Å². The lowest BCUT2D eigenvalue weighted by atomic mass is 10.0. The highest BCUT2D eigenvalue weighted by Gasteiger charge is 2.33. The first-order valence-electron chi connectivity index (χ1n) is 10.2. The molecule has 4 nitrogen and oxygen atoms in total. The Bertz CT molecular complexity index is 755. The number of amides is 1. The van der Waals surface area contributed by atoms with Gasteiger partial charge in [0.1, 0.15) is 0 Å². The number of nitrogens with zero attached hydrogens (tertiary/aromatic N) is 1. The van der Waals surface area contributed by atoms with Crippen molar-refractivity contribution in [1.82, 2.24) is 10.2 Å². The van der Waals surface area contributed by atoms with E-state index >= 15 is 0 Å². The molecule has 0 aliphatic heterocycles. The summed E-state index contributed by atoms with van der Waals surface area (Å²) in [5.41, 5.74) is 1.28. The van der Waals surface area contributed by atoms with Crippen molar-refractivity contribution >= 4 is 16.7 Å². The number of hydrogen-bond acceptors (Lipinski definition) is 3. The number of rotatable bonds is 10. The summed E-state index contributed by atoms with van der Waals surface area (Å²) in [6, 6.07) is 15.8. The van der Waals surface area contributed by atoms with Crippen LogP contribution in [0.3, 0.4) is 0 Å². The molecule has 0 spiro atoms. The maximum absolute atomic E-state index is 12.4. The molecular formula is C23H32N2O2. The average Bonchev–Trinajstić information content (AvgIpc) is 3.49. The smallest absolute Gasteiger partial charge is 0.234 e. The lowest BCUT2D eigenvalue weighted by Crippen LogP contribution is -2.40. The summed E-state index contributed by atoms with van der Waals surface area (Å²) in [4.78, 5) is 14.8. The Morgan fingerprint density at radius 3 is 2.59 bits per heavy atom. The standard InChI is InChI=1S/C23H32N2O2/c1-17(2)27-14-6-13-24-23(26)16-25(22-11-12-22)18(3)20-10-9-19-7-4-5-8-21(19)15-20/h4-5,7-10,15,17-18,22H,6,11-14,16H2,1-3H3,(H,24,26). The zero-order valence-corrected chi connectivity index (χ0v) is 16.8. The van der Waals surface area contributed by atoms with Crippen LogP contribution in [-0.2, 0) is 9.53 Å². The molecule has 1 N–H and O–H groups in total. The highest BCUT2D eigenvalue weighted by atomic mass is 16.5. The van der Waals surface area contributed by atoms with Gasteiger partial charge < -0.3 is 10.1 Å². The third-order valence-corrected chi connectivity index (χ3v) is 5.19. The van der Waals surface area contributed by atoms with Gasteiger partial charge in [-0.25, -0.2) is 0 Å². The fourth-order valence-electron chi connectivity index (χ4n) is 3.49. The van der Waals surface area contributed by atoms with Crippen LogP contribution in [0.15, 0.2) is 42.5 Å². The summed E-state index contributed by atoms with van der Waals surface area (Å²) in [6.45, 7) is 8.10. The van der Waals surface area contributed by atoms with E-state index in [0.717, 1.165) is 6.42 Å². The van der Waals surface area contributed by atoms with Gasteiger partial charge in [-0.2, -0.15) is 0 Å². The number of carbonyl (C=O) groups excluding carboxylic acids is 1. The molecule has 0 radical (unpaired) electrons. The number of carbonyl (C=O) groups is 1. The summed E-state index contributed by atoms with van der Waals surface area (Å²) in [6.07, 6.45) is 3.47. The predicted octanol–water partition coefficient (Wildman–Crippen LogP) is 4.30. The monoisotopic (exact) mass is 368 g/mol. The quantitative estimate of drug-likeness (QED) is 0.636. The van der Waals surface area contributed by atoms with Crippen LogP contribution in [0.25, 0.3) is 10.8 Å². The first kappa shape index (κ1) is 19.8. The minimum atomic E-state index is 0.110. The molecule has 1 fully saturated rings. The van der Waals surface area contributed by atoms with Crippen LogP contribution in [0, 0.1) is 0 Å². The van der Waals surface area contributed by atoms with Crippen molar-refractivity contribution in [3.63, 3.8) is 0 Å². The maximum Gasteiger partial charge on any atom is 0.234 e. The zero-order chi connectivity index (χ0) is 19.2. The van der Waals surface area contributed by atoms with Gasteiger partial charge in [0.15, 0.2) is 0 Å². The highest BCUT2D eigenvalue weighted by molar-refractivity contribution is 5.83. The lowest BCUT2D eigenvalue weighted by molar-refractivity contribution is -0.123. The second-order valence-corrected chi connectivity index (χ2v) is 7.81. The van der Waals surface area contributed by atoms with Crippen molar-refractivity contribution < 1.29 is 9.53 Å². The summed E-state index contributed by atoms with van der Waals surface area (Å²) < 4.78 is 5.52. The van der Waals surface area contributed by atoms with E-state index in [2.05, 4.69) is 59.6 Å². The van der Waals surface area contributed by atoms with Crippen molar-refractivity contribution in [1.29, 1.82) is 0 Å². The largest absolute Gasteiger partial charge is 0.379 e. The Labute approximate surface area is 162 Å². The first-order chi connectivity index (χ1) is 13.0. The van der Waals surface area contributed by atoms with E-state index in [4.69, 9.17) is 4.74 Å². The second-order valence-electron chi connectivity index (χ2n) is 7.81. The number of nitrogens with one attached hydrogen (secondary N) is 1. The number of benzene rings is 2. The lowest BCUT2D eigenvalue weighted by Gasteiger charge is -2.29. The number of hydrogen-bond donors (Lipinski definition) is 1. The van der Waals surface area contributed by atoms with Gasteiger partial charge in [0.2, 0.25) is 5.91 Å². The molecule has 1 aliphatic rings. The van der Waals surface area contributed by atoms with Gasteiger partial charge >= 0.3 is 0 Å². The van der Waals surface area contributed by atoms with E-state index in [9.17, 15) is 4.79 Å². The van der Waals surface area contributed by atoms with Crippen molar-refractivity contribution in [2.24, 2.45) is 0 Å². The molecule has 27 heavy (non-hydrogen) atoms. The van der Waals surface area contributed by atoms with Gasteiger partial charge in [-0.3, -0.25) is 9.69 Å². The van der Waals surface area contributed by atoms with Crippen molar-refractivity contribution in [3.05, 3.63) is 48.0 Å². The van der Waals surface area contributed by atoms with Crippen LogP contribution in [0.2, 0.25) is 0 Å². The molecule has 0 heterocycles. The Morgan fingerprint density at radius 2 is 1.89 bits per heavy atom. The third kappa shape index (κ3) is 5.78. The van der Waals surface area contributed by atoms with Crippen molar-refractivity contribution in [2.45, 2.75) is 58.2 Å². The molecule has 2 aromatic rings. The molecule has 4 heteroatoms. The van der Waals surface area contributed by atoms with Crippen molar-refractivity contribution in [2.75, 3.05) is 19.7 Å². The molecule has 0 saturated heterocycles. The van der Waals surface area contributed by atoms with E-state index < -0.39 is 0 Å². The Kier molecular flexibility index (Phi) is 6.86. The highest BCUT2D eigenvalue weighted by Crippen LogP contribution is 2.34. The fourth-order valence-corrected chi connectivity index (χ4v) is 3.49. The van der Waals surface area contributed by atoms with E-state index in [1.807, 2.05) is 13.8 Å². The molecule has 1 unspecified atom stereocenters. The first-order valence-corrected chi connectivity index (χ1v) is 10.2. The van der Waals surface area contributed by atoms with Crippen LogP contribution in [0.5, 0.6) is 0 Å². The maximum atomic E-state index is 12.4. The second kappa shape index (κ2) is 9.34. The van der Waals surface area contributed by atoms with Crippen LogP contribution < -0.4 is 5.32 Å². The van der Waals surface area contributed by atoms with E-state index in [1.165, 1.54) is 29.2 Å². The van der Waals surface area contributed by atoms with Gasteiger partial charge in [-0.15, -0.1) is 0 Å². The summed E-state index contributed by atoms with van der Waals surface area (Å²) in [5, 5.41) is 5.56. The van der Waals surface area contributed by atoms with Crippen LogP contribution in [-0.4, -0.2) is 42.6 Å². The minimum Gasteiger partial charge on any atom is -0.379 e. The van der Waals surface area contributed by atoms with E-state index in [0.29, 0.717) is 25.7 Å². The molecule has 1 aliphatic carbocycles.